The molecule has 0 saturated carbocycles. The van der Waals surface area contributed by atoms with Crippen LogP contribution in [0.1, 0.15) is 18.9 Å². The molecule has 140 valence electrons. The molecule has 0 aliphatic heterocycles. The second-order valence-corrected chi connectivity index (χ2v) is 6.19. The average molecular weight is 365 g/mol. The second-order valence-electron chi connectivity index (χ2n) is 6.19. The smallest absolute Gasteiger partial charge is 0.313 e. The summed E-state index contributed by atoms with van der Waals surface area (Å²) in [4.78, 5) is 27.2. The molecule has 3 aromatic rings. The van der Waals surface area contributed by atoms with Crippen molar-refractivity contribution in [1.29, 1.82) is 0 Å². The minimum atomic E-state index is -0.684. The fraction of sp³-hybridized carbons (Fsp3) is 0.238. The minimum Gasteiger partial charge on any atom is -0.494 e. The number of amides is 2. The number of aromatic amines is 1. The summed E-state index contributed by atoms with van der Waals surface area (Å²) in [5.74, 6) is -0.602. The Morgan fingerprint density at radius 1 is 1.04 bits per heavy atom. The van der Waals surface area contributed by atoms with E-state index in [4.69, 9.17) is 4.74 Å². The minimum absolute atomic E-state index is 0.387. The Hall–Kier alpha value is -3.28. The lowest BCUT2D eigenvalue weighted by molar-refractivity contribution is -0.136. The number of hydrogen-bond acceptors (Lipinski definition) is 3. The van der Waals surface area contributed by atoms with Gasteiger partial charge in [-0.05, 0) is 48.7 Å². The Bertz CT molecular complexity index is 916. The van der Waals surface area contributed by atoms with Crippen LogP contribution in [0.2, 0.25) is 0 Å². The van der Waals surface area contributed by atoms with Gasteiger partial charge in [0.2, 0.25) is 0 Å². The summed E-state index contributed by atoms with van der Waals surface area (Å²) < 4.78 is 5.49. The highest BCUT2D eigenvalue weighted by Crippen LogP contribution is 2.18. The Balaban J connectivity index is 1.47. The SMILES string of the molecule is CCCOc1ccc(NC(=O)C(=O)NCCc2c[nH]c3ccccc23)cc1. The molecular weight excluding hydrogens is 342 g/mol. The van der Waals surface area contributed by atoms with E-state index >= 15 is 0 Å². The van der Waals surface area contributed by atoms with Crippen LogP contribution in [0.15, 0.2) is 54.7 Å². The Morgan fingerprint density at radius 2 is 1.81 bits per heavy atom. The summed E-state index contributed by atoms with van der Waals surface area (Å²) in [6, 6.07) is 14.9. The number of benzene rings is 2. The van der Waals surface area contributed by atoms with Crippen molar-refractivity contribution in [3.8, 4) is 5.75 Å². The van der Waals surface area contributed by atoms with E-state index in [2.05, 4.69) is 15.6 Å². The molecule has 0 radical (unpaired) electrons. The lowest BCUT2D eigenvalue weighted by Gasteiger charge is -2.08. The molecule has 2 amide bonds. The van der Waals surface area contributed by atoms with E-state index in [1.54, 1.807) is 24.3 Å². The molecule has 1 heterocycles. The number of fused-ring (bicyclic) bond motifs is 1. The van der Waals surface area contributed by atoms with Crippen LogP contribution >= 0.6 is 0 Å². The van der Waals surface area contributed by atoms with Crippen LogP contribution < -0.4 is 15.4 Å². The third-order valence-electron chi connectivity index (χ3n) is 4.15. The fourth-order valence-electron chi connectivity index (χ4n) is 2.77. The van der Waals surface area contributed by atoms with Crippen molar-refractivity contribution >= 4 is 28.4 Å². The average Bonchev–Trinajstić information content (AvgIpc) is 3.10. The number of para-hydroxylation sites is 1. The maximum atomic E-state index is 12.0. The molecule has 6 nitrogen and oxygen atoms in total. The number of rotatable bonds is 7. The van der Waals surface area contributed by atoms with Gasteiger partial charge in [-0.15, -0.1) is 0 Å². The molecule has 0 saturated heterocycles. The summed E-state index contributed by atoms with van der Waals surface area (Å²) in [5, 5.41) is 6.37. The molecule has 27 heavy (non-hydrogen) atoms. The normalized spacial score (nSPS) is 10.6. The van der Waals surface area contributed by atoms with Gasteiger partial charge in [-0.2, -0.15) is 0 Å². The first-order valence-electron chi connectivity index (χ1n) is 9.04. The maximum Gasteiger partial charge on any atom is 0.313 e. The van der Waals surface area contributed by atoms with Gasteiger partial charge in [-0.1, -0.05) is 25.1 Å². The van der Waals surface area contributed by atoms with Gasteiger partial charge in [0.25, 0.3) is 0 Å². The Labute approximate surface area is 157 Å². The molecular formula is C21H23N3O3. The van der Waals surface area contributed by atoms with Crippen LogP contribution in [0.3, 0.4) is 0 Å². The highest BCUT2D eigenvalue weighted by Gasteiger charge is 2.13. The van der Waals surface area contributed by atoms with Crippen LogP contribution in [0.25, 0.3) is 10.9 Å². The van der Waals surface area contributed by atoms with E-state index in [9.17, 15) is 9.59 Å². The number of hydrogen-bond donors (Lipinski definition) is 3. The molecule has 0 spiro atoms. The molecule has 0 fully saturated rings. The zero-order valence-corrected chi connectivity index (χ0v) is 15.2. The van der Waals surface area contributed by atoms with E-state index < -0.39 is 11.8 Å². The molecule has 0 atom stereocenters. The van der Waals surface area contributed by atoms with Crippen molar-refractivity contribution in [2.24, 2.45) is 0 Å². The maximum absolute atomic E-state index is 12.0. The van der Waals surface area contributed by atoms with Crippen molar-refractivity contribution in [3.05, 3.63) is 60.3 Å². The third kappa shape index (κ3) is 4.88. The fourth-order valence-corrected chi connectivity index (χ4v) is 2.77. The molecule has 1 aromatic heterocycles. The van der Waals surface area contributed by atoms with E-state index in [-0.39, 0.29) is 0 Å². The monoisotopic (exact) mass is 365 g/mol. The number of carbonyl (C=O) groups is 2. The van der Waals surface area contributed by atoms with E-state index in [0.717, 1.165) is 28.6 Å². The van der Waals surface area contributed by atoms with E-state index in [1.165, 1.54) is 0 Å². The first-order valence-corrected chi connectivity index (χ1v) is 9.04. The molecule has 0 aliphatic rings. The third-order valence-corrected chi connectivity index (χ3v) is 4.15. The molecule has 3 rings (SSSR count). The van der Waals surface area contributed by atoms with Gasteiger partial charge in [-0.25, -0.2) is 0 Å². The number of H-pyrrole nitrogens is 1. The van der Waals surface area contributed by atoms with Crippen molar-refractivity contribution in [2.75, 3.05) is 18.5 Å². The largest absolute Gasteiger partial charge is 0.494 e. The summed E-state index contributed by atoms with van der Waals surface area (Å²) in [6.45, 7) is 3.06. The number of anilines is 1. The molecule has 2 aromatic carbocycles. The number of carbonyl (C=O) groups excluding carboxylic acids is 2. The van der Waals surface area contributed by atoms with Crippen LogP contribution in [-0.2, 0) is 16.0 Å². The van der Waals surface area contributed by atoms with Crippen LogP contribution in [0.5, 0.6) is 5.75 Å². The zero-order chi connectivity index (χ0) is 19.1. The van der Waals surface area contributed by atoms with Crippen molar-refractivity contribution < 1.29 is 14.3 Å². The first-order chi connectivity index (χ1) is 13.2. The van der Waals surface area contributed by atoms with Crippen molar-refractivity contribution in [1.82, 2.24) is 10.3 Å². The van der Waals surface area contributed by atoms with Gasteiger partial charge >= 0.3 is 11.8 Å². The molecule has 3 N–H and O–H groups in total. The lowest BCUT2D eigenvalue weighted by atomic mass is 10.1. The summed E-state index contributed by atoms with van der Waals surface area (Å²) in [7, 11) is 0. The Kier molecular flexibility index (Phi) is 6.10. The van der Waals surface area contributed by atoms with Gasteiger partial charge in [0, 0.05) is 29.3 Å². The predicted molar refractivity (Wildman–Crippen MR) is 106 cm³/mol. The standard InChI is InChI=1S/C21H23N3O3/c1-2-13-27-17-9-7-16(8-10-17)24-21(26)20(25)22-12-11-15-14-23-19-6-4-3-5-18(15)19/h3-10,14,23H,2,11-13H2,1H3,(H,22,25)(H,24,26). The topological polar surface area (TPSA) is 83.2 Å². The van der Waals surface area contributed by atoms with E-state index in [0.29, 0.717) is 25.3 Å². The number of nitrogens with one attached hydrogen (secondary N) is 3. The second kappa shape index (κ2) is 8.89. The molecule has 0 bridgehead atoms. The van der Waals surface area contributed by atoms with Crippen molar-refractivity contribution in [2.45, 2.75) is 19.8 Å². The van der Waals surface area contributed by atoms with Gasteiger partial charge in [-0.3, -0.25) is 9.59 Å². The molecule has 0 unspecified atom stereocenters. The molecule has 0 aliphatic carbocycles. The molecule has 6 heteroatoms. The van der Waals surface area contributed by atoms with Crippen molar-refractivity contribution in [3.63, 3.8) is 0 Å². The van der Waals surface area contributed by atoms with Gasteiger partial charge in [0.15, 0.2) is 0 Å². The van der Waals surface area contributed by atoms with E-state index in [1.807, 2.05) is 37.4 Å². The quantitative estimate of drug-likeness (QED) is 0.562. The summed E-state index contributed by atoms with van der Waals surface area (Å²) in [5.41, 5.74) is 2.72. The van der Waals surface area contributed by atoms with Crippen LogP contribution in [-0.4, -0.2) is 29.9 Å². The van der Waals surface area contributed by atoms with Crippen LogP contribution in [0.4, 0.5) is 5.69 Å². The summed E-state index contributed by atoms with van der Waals surface area (Å²) in [6.07, 6.45) is 3.50. The first kappa shape index (κ1) is 18.5. The zero-order valence-electron chi connectivity index (χ0n) is 15.2. The van der Waals surface area contributed by atoms with Crippen LogP contribution in [0, 0.1) is 0 Å². The number of ether oxygens (including phenoxy) is 1. The highest BCUT2D eigenvalue weighted by molar-refractivity contribution is 6.39. The highest BCUT2D eigenvalue weighted by atomic mass is 16.5. The predicted octanol–water partition coefficient (Wildman–Crippen LogP) is 3.25. The van der Waals surface area contributed by atoms with Gasteiger partial charge < -0.3 is 20.4 Å². The number of aromatic nitrogens is 1. The lowest BCUT2D eigenvalue weighted by Crippen LogP contribution is -2.36. The summed E-state index contributed by atoms with van der Waals surface area (Å²) >= 11 is 0. The Morgan fingerprint density at radius 3 is 2.59 bits per heavy atom. The van der Waals surface area contributed by atoms with Gasteiger partial charge in [0.1, 0.15) is 5.75 Å². The van der Waals surface area contributed by atoms with Gasteiger partial charge in [0.05, 0.1) is 6.61 Å².